The first kappa shape index (κ1) is 12.1. The topological polar surface area (TPSA) is 29.1 Å². The van der Waals surface area contributed by atoms with Gasteiger partial charge in [0.1, 0.15) is 0 Å². The summed E-state index contributed by atoms with van der Waals surface area (Å²) in [4.78, 5) is 11.6. The first-order valence-electron chi connectivity index (χ1n) is 5.14. The molecule has 0 atom stereocenters. The van der Waals surface area contributed by atoms with Crippen LogP contribution in [0.4, 0.5) is 0 Å². The summed E-state index contributed by atoms with van der Waals surface area (Å²) in [5, 5.41) is 2.88. The summed E-state index contributed by atoms with van der Waals surface area (Å²) in [6.07, 6.45) is 3.04. The molecule has 1 aromatic carbocycles. The van der Waals surface area contributed by atoms with Crippen LogP contribution < -0.4 is 5.32 Å². The third kappa shape index (κ3) is 3.96. The van der Waals surface area contributed by atoms with E-state index in [0.717, 1.165) is 24.3 Å². The van der Waals surface area contributed by atoms with Gasteiger partial charge in [0.25, 0.3) is 5.91 Å². The van der Waals surface area contributed by atoms with E-state index in [0.29, 0.717) is 0 Å². The maximum atomic E-state index is 11.6. The minimum absolute atomic E-state index is 0.0201. The lowest BCUT2D eigenvalue weighted by atomic mass is 10.1. The lowest BCUT2D eigenvalue weighted by molar-refractivity contribution is 0.0956. The van der Waals surface area contributed by atoms with E-state index in [1.54, 1.807) is 11.8 Å². The van der Waals surface area contributed by atoms with Crippen molar-refractivity contribution in [2.24, 2.45) is 0 Å². The number of carbonyl (C=O) groups excluding carboxylic acids is 1. The SMILES string of the molecule is CCc1ccc(C(=O)NCCSC)cc1. The lowest BCUT2D eigenvalue weighted by Crippen LogP contribution is -2.25. The van der Waals surface area contributed by atoms with Gasteiger partial charge in [-0.1, -0.05) is 19.1 Å². The van der Waals surface area contributed by atoms with Crippen LogP contribution in [0.1, 0.15) is 22.8 Å². The molecule has 1 aromatic rings. The Morgan fingerprint density at radius 1 is 1.33 bits per heavy atom. The van der Waals surface area contributed by atoms with E-state index in [-0.39, 0.29) is 5.91 Å². The van der Waals surface area contributed by atoms with E-state index >= 15 is 0 Å². The predicted octanol–water partition coefficient (Wildman–Crippen LogP) is 2.34. The molecule has 0 radical (unpaired) electrons. The van der Waals surface area contributed by atoms with Crippen LogP contribution in [0.3, 0.4) is 0 Å². The number of amides is 1. The predicted molar refractivity (Wildman–Crippen MR) is 66.5 cm³/mol. The Balaban J connectivity index is 2.50. The standard InChI is InChI=1S/C12H17NOS/c1-3-10-4-6-11(7-5-10)12(14)13-8-9-15-2/h4-7H,3,8-9H2,1-2H3,(H,13,14). The molecule has 15 heavy (non-hydrogen) atoms. The third-order valence-electron chi connectivity index (χ3n) is 2.22. The van der Waals surface area contributed by atoms with Crippen LogP contribution in [-0.2, 0) is 6.42 Å². The molecule has 0 saturated heterocycles. The van der Waals surface area contributed by atoms with Gasteiger partial charge in [0.2, 0.25) is 0 Å². The van der Waals surface area contributed by atoms with Crippen molar-refractivity contribution in [2.75, 3.05) is 18.6 Å². The van der Waals surface area contributed by atoms with Crippen LogP contribution in [0.25, 0.3) is 0 Å². The molecule has 0 aliphatic heterocycles. The van der Waals surface area contributed by atoms with Crippen molar-refractivity contribution in [1.29, 1.82) is 0 Å². The second-order valence-corrected chi connectivity index (χ2v) is 4.28. The van der Waals surface area contributed by atoms with Gasteiger partial charge < -0.3 is 5.32 Å². The Kier molecular flexibility index (Phi) is 5.26. The Labute approximate surface area is 95.5 Å². The van der Waals surface area contributed by atoms with Gasteiger partial charge in [0.05, 0.1) is 0 Å². The fraction of sp³-hybridized carbons (Fsp3) is 0.417. The first-order chi connectivity index (χ1) is 7.27. The second kappa shape index (κ2) is 6.51. The van der Waals surface area contributed by atoms with Gasteiger partial charge in [0.15, 0.2) is 0 Å². The highest BCUT2D eigenvalue weighted by atomic mass is 32.2. The van der Waals surface area contributed by atoms with E-state index in [1.165, 1.54) is 5.56 Å². The van der Waals surface area contributed by atoms with E-state index in [1.807, 2.05) is 30.5 Å². The molecule has 0 unspecified atom stereocenters. The molecule has 0 bridgehead atoms. The normalized spacial score (nSPS) is 10.0. The molecule has 0 aromatic heterocycles. The summed E-state index contributed by atoms with van der Waals surface area (Å²) in [6, 6.07) is 7.77. The zero-order valence-electron chi connectivity index (χ0n) is 9.25. The second-order valence-electron chi connectivity index (χ2n) is 3.30. The van der Waals surface area contributed by atoms with E-state index in [2.05, 4.69) is 12.2 Å². The lowest BCUT2D eigenvalue weighted by Gasteiger charge is -2.04. The van der Waals surface area contributed by atoms with Gasteiger partial charge in [-0.2, -0.15) is 11.8 Å². The molecule has 0 aliphatic rings. The zero-order valence-corrected chi connectivity index (χ0v) is 10.1. The molecule has 0 fully saturated rings. The van der Waals surface area contributed by atoms with E-state index < -0.39 is 0 Å². The van der Waals surface area contributed by atoms with Crippen LogP contribution in [0.5, 0.6) is 0 Å². The summed E-state index contributed by atoms with van der Waals surface area (Å²) in [5.41, 5.74) is 2.00. The smallest absolute Gasteiger partial charge is 0.251 e. The Bertz CT molecular complexity index is 308. The molecule has 0 spiro atoms. The number of hydrogen-bond acceptors (Lipinski definition) is 2. The van der Waals surface area contributed by atoms with E-state index in [4.69, 9.17) is 0 Å². The number of thioether (sulfide) groups is 1. The van der Waals surface area contributed by atoms with Gasteiger partial charge in [-0.25, -0.2) is 0 Å². The Hall–Kier alpha value is -0.960. The molecule has 82 valence electrons. The molecule has 0 heterocycles. The van der Waals surface area contributed by atoms with Crippen LogP contribution in [-0.4, -0.2) is 24.5 Å². The molecule has 1 N–H and O–H groups in total. The molecular weight excluding hydrogens is 206 g/mol. The fourth-order valence-electron chi connectivity index (χ4n) is 1.26. The molecular formula is C12H17NOS. The number of benzene rings is 1. The van der Waals surface area contributed by atoms with Crippen molar-refractivity contribution in [3.63, 3.8) is 0 Å². The number of hydrogen-bond donors (Lipinski definition) is 1. The minimum atomic E-state index is 0.0201. The maximum Gasteiger partial charge on any atom is 0.251 e. The molecule has 2 nitrogen and oxygen atoms in total. The van der Waals surface area contributed by atoms with Crippen molar-refractivity contribution in [2.45, 2.75) is 13.3 Å². The summed E-state index contributed by atoms with van der Waals surface area (Å²) in [6.45, 7) is 2.84. The maximum absolute atomic E-state index is 11.6. The van der Waals surface area contributed by atoms with Gasteiger partial charge in [-0.15, -0.1) is 0 Å². The number of rotatable bonds is 5. The zero-order chi connectivity index (χ0) is 11.1. The number of carbonyl (C=O) groups is 1. The summed E-state index contributed by atoms with van der Waals surface area (Å²) in [7, 11) is 0. The Morgan fingerprint density at radius 3 is 2.53 bits per heavy atom. The van der Waals surface area contributed by atoms with Gasteiger partial charge in [0, 0.05) is 17.9 Å². The third-order valence-corrected chi connectivity index (χ3v) is 2.83. The summed E-state index contributed by atoms with van der Waals surface area (Å²) < 4.78 is 0. The van der Waals surface area contributed by atoms with Crippen molar-refractivity contribution < 1.29 is 4.79 Å². The van der Waals surface area contributed by atoms with Gasteiger partial charge in [-0.05, 0) is 30.4 Å². The quantitative estimate of drug-likeness (QED) is 0.776. The Morgan fingerprint density at radius 2 is 2.00 bits per heavy atom. The fourth-order valence-corrected chi connectivity index (χ4v) is 1.57. The molecule has 1 amide bonds. The highest BCUT2D eigenvalue weighted by Crippen LogP contribution is 2.04. The summed E-state index contributed by atoms with van der Waals surface area (Å²) >= 11 is 1.73. The van der Waals surface area contributed by atoms with Crippen molar-refractivity contribution >= 4 is 17.7 Å². The van der Waals surface area contributed by atoms with Crippen molar-refractivity contribution in [3.05, 3.63) is 35.4 Å². The number of nitrogens with one attached hydrogen (secondary N) is 1. The van der Waals surface area contributed by atoms with E-state index in [9.17, 15) is 4.79 Å². The molecule has 1 rings (SSSR count). The van der Waals surface area contributed by atoms with Crippen molar-refractivity contribution in [3.8, 4) is 0 Å². The van der Waals surface area contributed by atoms with Crippen molar-refractivity contribution in [1.82, 2.24) is 5.32 Å². The highest BCUT2D eigenvalue weighted by molar-refractivity contribution is 7.98. The van der Waals surface area contributed by atoms with Gasteiger partial charge in [-0.3, -0.25) is 4.79 Å². The van der Waals surface area contributed by atoms with Crippen LogP contribution in [0, 0.1) is 0 Å². The van der Waals surface area contributed by atoms with Crippen LogP contribution >= 0.6 is 11.8 Å². The van der Waals surface area contributed by atoms with Crippen LogP contribution in [0.15, 0.2) is 24.3 Å². The monoisotopic (exact) mass is 223 g/mol. The largest absolute Gasteiger partial charge is 0.351 e. The van der Waals surface area contributed by atoms with Crippen LogP contribution in [0.2, 0.25) is 0 Å². The first-order valence-corrected chi connectivity index (χ1v) is 6.53. The average molecular weight is 223 g/mol. The molecule has 0 aliphatic carbocycles. The summed E-state index contributed by atoms with van der Waals surface area (Å²) in [5.74, 6) is 0.977. The highest BCUT2D eigenvalue weighted by Gasteiger charge is 2.03. The molecule has 0 saturated carbocycles. The number of aryl methyl sites for hydroxylation is 1. The van der Waals surface area contributed by atoms with Gasteiger partial charge >= 0.3 is 0 Å². The molecule has 3 heteroatoms. The average Bonchev–Trinajstić information content (AvgIpc) is 2.29. The minimum Gasteiger partial charge on any atom is -0.351 e.